The highest BCUT2D eigenvalue weighted by atomic mass is 32.1. The number of nitrogens with zero attached hydrogens (tertiary/aromatic N) is 1. The molecule has 1 atom stereocenters. The topological polar surface area (TPSA) is 49.4 Å². The number of benzene rings is 1. The molecule has 6 heteroatoms. The van der Waals surface area contributed by atoms with Crippen molar-refractivity contribution in [3.05, 3.63) is 80.7 Å². The van der Waals surface area contributed by atoms with Gasteiger partial charge in [-0.3, -0.25) is 9.59 Å². The van der Waals surface area contributed by atoms with E-state index in [1.165, 1.54) is 12.0 Å². The molecule has 2 heterocycles. The van der Waals surface area contributed by atoms with Crippen LogP contribution in [0.5, 0.6) is 0 Å². The molecule has 4 rings (SSSR count). The van der Waals surface area contributed by atoms with Crippen LogP contribution < -0.4 is 5.32 Å². The van der Waals surface area contributed by atoms with E-state index < -0.39 is 6.04 Å². The molecule has 3 aromatic rings. The zero-order valence-electron chi connectivity index (χ0n) is 18.2. The molecule has 0 aliphatic heterocycles. The minimum Gasteiger partial charge on any atom is -0.351 e. The number of thiophene rings is 2. The van der Waals surface area contributed by atoms with Crippen molar-refractivity contribution < 1.29 is 9.59 Å². The number of nitrogens with one attached hydrogen (secondary N) is 1. The van der Waals surface area contributed by atoms with Crippen LogP contribution in [-0.2, 0) is 22.4 Å². The lowest BCUT2D eigenvalue weighted by Gasteiger charge is -2.33. The summed E-state index contributed by atoms with van der Waals surface area (Å²) >= 11 is 3.13. The second-order valence-electron chi connectivity index (χ2n) is 8.34. The smallest absolute Gasteiger partial charge is 0.248 e. The third-order valence-corrected chi connectivity index (χ3v) is 7.84. The van der Waals surface area contributed by atoms with E-state index in [2.05, 4.69) is 17.4 Å². The molecule has 4 nitrogen and oxygen atoms in total. The number of carbonyl (C=O) groups is 2. The summed E-state index contributed by atoms with van der Waals surface area (Å²) in [7, 11) is 0. The lowest BCUT2D eigenvalue weighted by atomic mass is 9.95. The predicted molar refractivity (Wildman–Crippen MR) is 132 cm³/mol. The molecule has 1 aliphatic carbocycles. The molecule has 32 heavy (non-hydrogen) atoms. The molecule has 1 fully saturated rings. The number of hydrogen-bond donors (Lipinski definition) is 1. The SMILES string of the molecule is O=C(NC1CCCCC1)C(c1cccs1)N(CCc1ccccc1)C(=O)Cc1cccs1. The molecule has 1 N–H and O–H groups in total. The molecule has 0 spiro atoms. The summed E-state index contributed by atoms with van der Waals surface area (Å²) in [5.74, 6) is -0.0486. The number of amides is 2. The lowest BCUT2D eigenvalue weighted by molar-refractivity contribution is -0.140. The molecule has 0 saturated heterocycles. The maximum atomic E-state index is 13.6. The second-order valence-corrected chi connectivity index (χ2v) is 10.4. The van der Waals surface area contributed by atoms with E-state index >= 15 is 0 Å². The lowest BCUT2D eigenvalue weighted by Crippen LogP contribution is -2.47. The fourth-order valence-electron chi connectivity index (χ4n) is 4.35. The molecule has 1 aliphatic rings. The molecule has 1 aromatic carbocycles. The number of rotatable bonds is 9. The third-order valence-electron chi connectivity index (χ3n) is 6.03. The van der Waals surface area contributed by atoms with Crippen molar-refractivity contribution in [3.8, 4) is 0 Å². The Bertz CT molecular complexity index is 965. The fraction of sp³-hybridized carbons (Fsp3) is 0.385. The van der Waals surface area contributed by atoms with E-state index in [9.17, 15) is 9.59 Å². The van der Waals surface area contributed by atoms with Crippen LogP contribution in [0.25, 0.3) is 0 Å². The zero-order valence-corrected chi connectivity index (χ0v) is 19.9. The zero-order chi connectivity index (χ0) is 22.2. The van der Waals surface area contributed by atoms with Crippen molar-refractivity contribution in [1.82, 2.24) is 10.2 Å². The summed E-state index contributed by atoms with van der Waals surface area (Å²) in [4.78, 5) is 30.8. The Morgan fingerprint density at radius 2 is 1.69 bits per heavy atom. The van der Waals surface area contributed by atoms with Crippen molar-refractivity contribution in [1.29, 1.82) is 0 Å². The summed E-state index contributed by atoms with van der Waals surface area (Å²) in [5.41, 5.74) is 1.17. The first kappa shape index (κ1) is 22.7. The summed E-state index contributed by atoms with van der Waals surface area (Å²) in [6.45, 7) is 0.509. The van der Waals surface area contributed by atoms with Gasteiger partial charge in [-0.2, -0.15) is 0 Å². The minimum absolute atomic E-state index is 0.000533. The Morgan fingerprint density at radius 3 is 2.38 bits per heavy atom. The molecule has 168 valence electrons. The van der Waals surface area contributed by atoms with Crippen molar-refractivity contribution in [2.24, 2.45) is 0 Å². The molecule has 1 unspecified atom stereocenters. The van der Waals surface area contributed by atoms with Crippen LogP contribution in [0.3, 0.4) is 0 Å². The van der Waals surface area contributed by atoms with Crippen LogP contribution in [0.4, 0.5) is 0 Å². The van der Waals surface area contributed by atoms with Crippen LogP contribution in [0, 0.1) is 0 Å². The largest absolute Gasteiger partial charge is 0.351 e. The van der Waals surface area contributed by atoms with Crippen LogP contribution >= 0.6 is 22.7 Å². The van der Waals surface area contributed by atoms with Gasteiger partial charge in [-0.1, -0.05) is 61.7 Å². The van der Waals surface area contributed by atoms with Crippen molar-refractivity contribution in [3.63, 3.8) is 0 Å². The van der Waals surface area contributed by atoms with Gasteiger partial charge in [0, 0.05) is 22.3 Å². The maximum absolute atomic E-state index is 13.6. The van der Waals surface area contributed by atoms with E-state index in [0.717, 1.165) is 41.9 Å². The summed E-state index contributed by atoms with van der Waals surface area (Å²) < 4.78 is 0. The fourth-order valence-corrected chi connectivity index (χ4v) is 5.88. The highest BCUT2D eigenvalue weighted by Gasteiger charge is 2.33. The second kappa shape index (κ2) is 11.4. The van der Waals surface area contributed by atoms with E-state index in [4.69, 9.17) is 0 Å². The van der Waals surface area contributed by atoms with Crippen LogP contribution in [-0.4, -0.2) is 29.3 Å². The van der Waals surface area contributed by atoms with Crippen LogP contribution in [0.2, 0.25) is 0 Å². The van der Waals surface area contributed by atoms with Gasteiger partial charge in [-0.05, 0) is 47.7 Å². The quantitative estimate of drug-likeness (QED) is 0.445. The van der Waals surface area contributed by atoms with Gasteiger partial charge in [0.15, 0.2) is 0 Å². The van der Waals surface area contributed by atoms with E-state index in [-0.39, 0.29) is 17.9 Å². The Kier molecular flexibility index (Phi) is 8.13. The maximum Gasteiger partial charge on any atom is 0.248 e. The van der Waals surface area contributed by atoms with E-state index in [0.29, 0.717) is 13.0 Å². The van der Waals surface area contributed by atoms with Gasteiger partial charge in [0.05, 0.1) is 6.42 Å². The van der Waals surface area contributed by atoms with Gasteiger partial charge in [0.1, 0.15) is 6.04 Å². The molecule has 0 bridgehead atoms. The molecular formula is C26H30N2O2S2. The summed E-state index contributed by atoms with van der Waals surface area (Å²) in [6, 6.07) is 17.7. The third kappa shape index (κ3) is 6.08. The Labute approximate surface area is 198 Å². The average Bonchev–Trinajstić information content (AvgIpc) is 3.52. The Morgan fingerprint density at radius 1 is 0.938 bits per heavy atom. The van der Waals surface area contributed by atoms with Gasteiger partial charge in [-0.15, -0.1) is 22.7 Å². The first-order valence-corrected chi connectivity index (χ1v) is 13.2. The summed E-state index contributed by atoms with van der Waals surface area (Å²) in [6.07, 6.45) is 6.64. The van der Waals surface area contributed by atoms with Gasteiger partial charge in [0.2, 0.25) is 11.8 Å². The van der Waals surface area contributed by atoms with Crippen LogP contribution in [0.1, 0.15) is 53.5 Å². The molecule has 2 aromatic heterocycles. The van der Waals surface area contributed by atoms with Gasteiger partial charge < -0.3 is 10.2 Å². The molecule has 0 radical (unpaired) electrons. The number of hydrogen-bond acceptors (Lipinski definition) is 4. The average molecular weight is 467 g/mol. The first-order chi connectivity index (χ1) is 15.7. The standard InChI is InChI=1S/C26H30N2O2S2/c29-24(19-22-13-7-17-31-22)28(16-15-20-9-3-1-4-10-20)25(23-14-8-18-32-23)26(30)27-21-11-5-2-6-12-21/h1,3-4,7-10,13-14,17-18,21,25H,2,5-6,11-12,15-16,19H2,(H,27,30). The Balaban J connectivity index is 1.58. The normalized spacial score (nSPS) is 15.2. The highest BCUT2D eigenvalue weighted by Crippen LogP contribution is 2.28. The van der Waals surface area contributed by atoms with E-state index in [1.807, 2.05) is 53.2 Å². The van der Waals surface area contributed by atoms with Crippen molar-refractivity contribution in [2.75, 3.05) is 6.54 Å². The van der Waals surface area contributed by atoms with Gasteiger partial charge in [-0.25, -0.2) is 0 Å². The van der Waals surface area contributed by atoms with Crippen molar-refractivity contribution >= 4 is 34.5 Å². The molecule has 1 saturated carbocycles. The van der Waals surface area contributed by atoms with Crippen molar-refractivity contribution in [2.45, 2.75) is 57.0 Å². The predicted octanol–water partition coefficient (Wildman–Crippen LogP) is 5.61. The number of carbonyl (C=O) groups excluding carboxylic acids is 2. The molecule has 2 amide bonds. The van der Waals surface area contributed by atoms with E-state index in [1.54, 1.807) is 27.6 Å². The minimum atomic E-state index is -0.590. The monoisotopic (exact) mass is 466 g/mol. The Hall–Kier alpha value is -2.44. The van der Waals surface area contributed by atoms with Gasteiger partial charge in [0.25, 0.3) is 0 Å². The molecular weight excluding hydrogens is 436 g/mol. The van der Waals surface area contributed by atoms with Gasteiger partial charge >= 0.3 is 0 Å². The summed E-state index contributed by atoms with van der Waals surface area (Å²) in [5, 5.41) is 7.25. The highest BCUT2D eigenvalue weighted by molar-refractivity contribution is 7.10. The van der Waals surface area contributed by atoms with Crippen LogP contribution in [0.15, 0.2) is 65.4 Å². The first-order valence-electron chi connectivity index (χ1n) is 11.4.